The highest BCUT2D eigenvalue weighted by atomic mass is 19.2. The number of rotatable bonds is 8. The lowest BCUT2D eigenvalue weighted by molar-refractivity contribution is 0.0964. The van der Waals surface area contributed by atoms with Crippen LogP contribution in [-0.4, -0.2) is 30.8 Å². The summed E-state index contributed by atoms with van der Waals surface area (Å²) in [7, 11) is 1.94. The fourth-order valence-electron chi connectivity index (χ4n) is 1.89. The molecule has 1 rings (SSSR count). The summed E-state index contributed by atoms with van der Waals surface area (Å²) >= 11 is 0. The average molecular weight is 269 g/mol. The molecule has 0 aliphatic heterocycles. The quantitative estimate of drug-likeness (QED) is 0.530. The molecule has 0 atom stereocenters. The van der Waals surface area contributed by atoms with E-state index in [2.05, 4.69) is 6.92 Å². The molecule has 0 amide bonds. The lowest BCUT2D eigenvalue weighted by Crippen LogP contribution is -2.23. The van der Waals surface area contributed by atoms with E-state index in [0.29, 0.717) is 6.54 Å². The summed E-state index contributed by atoms with van der Waals surface area (Å²) in [6.45, 7) is 3.63. The summed E-state index contributed by atoms with van der Waals surface area (Å²) in [6.07, 6.45) is 3.62. The Morgan fingerprint density at radius 3 is 2.63 bits per heavy atom. The first kappa shape index (κ1) is 15.8. The third-order valence-electron chi connectivity index (χ3n) is 3.12. The Morgan fingerprint density at radius 1 is 1.21 bits per heavy atom. The minimum atomic E-state index is -1.04. The first-order chi connectivity index (χ1) is 9.06. The van der Waals surface area contributed by atoms with E-state index in [1.54, 1.807) is 0 Å². The van der Waals surface area contributed by atoms with Crippen molar-refractivity contribution in [2.24, 2.45) is 0 Å². The van der Waals surface area contributed by atoms with E-state index in [1.807, 2.05) is 11.9 Å². The molecule has 0 radical (unpaired) electrons. The van der Waals surface area contributed by atoms with Crippen LogP contribution in [0.25, 0.3) is 0 Å². The van der Waals surface area contributed by atoms with Gasteiger partial charge in [0.2, 0.25) is 0 Å². The van der Waals surface area contributed by atoms with E-state index in [0.717, 1.165) is 31.9 Å². The maximum absolute atomic E-state index is 13.4. The van der Waals surface area contributed by atoms with Crippen molar-refractivity contribution >= 4 is 5.78 Å². The van der Waals surface area contributed by atoms with Gasteiger partial charge < -0.3 is 4.90 Å². The molecule has 106 valence electrons. The van der Waals surface area contributed by atoms with Crippen molar-refractivity contribution < 1.29 is 13.6 Å². The van der Waals surface area contributed by atoms with Crippen LogP contribution in [-0.2, 0) is 0 Å². The summed E-state index contributed by atoms with van der Waals surface area (Å²) in [5.41, 5.74) is -0.151. The molecule has 0 saturated carbocycles. The Morgan fingerprint density at radius 2 is 1.95 bits per heavy atom. The van der Waals surface area contributed by atoms with Crippen molar-refractivity contribution in [3.63, 3.8) is 0 Å². The van der Waals surface area contributed by atoms with Crippen LogP contribution >= 0.6 is 0 Å². The number of halogens is 2. The zero-order chi connectivity index (χ0) is 14.3. The molecular weight excluding hydrogens is 248 g/mol. The Bertz CT molecular complexity index is 421. The van der Waals surface area contributed by atoms with Crippen molar-refractivity contribution in [1.82, 2.24) is 4.90 Å². The van der Waals surface area contributed by atoms with Crippen molar-refractivity contribution in [3.05, 3.63) is 35.4 Å². The van der Waals surface area contributed by atoms with Crippen LogP contribution in [0, 0.1) is 11.6 Å². The normalized spacial score (nSPS) is 11.0. The van der Waals surface area contributed by atoms with Crippen molar-refractivity contribution in [2.75, 3.05) is 20.1 Å². The third-order valence-corrected chi connectivity index (χ3v) is 3.12. The lowest BCUT2D eigenvalue weighted by atomic mass is 10.1. The zero-order valence-electron chi connectivity index (χ0n) is 11.6. The van der Waals surface area contributed by atoms with Crippen LogP contribution in [0.5, 0.6) is 0 Å². The molecule has 0 spiro atoms. The second-order valence-electron chi connectivity index (χ2n) is 4.78. The van der Waals surface area contributed by atoms with Crippen molar-refractivity contribution in [2.45, 2.75) is 32.6 Å². The predicted molar refractivity (Wildman–Crippen MR) is 72.3 cm³/mol. The predicted octanol–water partition coefficient (Wildman–Crippen LogP) is 3.66. The van der Waals surface area contributed by atoms with Gasteiger partial charge in [0.05, 0.1) is 5.56 Å². The first-order valence-corrected chi connectivity index (χ1v) is 6.72. The molecule has 19 heavy (non-hydrogen) atoms. The Labute approximate surface area is 113 Å². The van der Waals surface area contributed by atoms with Gasteiger partial charge in [-0.2, -0.15) is 0 Å². The fourth-order valence-corrected chi connectivity index (χ4v) is 1.89. The molecule has 0 N–H and O–H groups in total. The molecular formula is C15H21F2NO. The highest BCUT2D eigenvalue weighted by Crippen LogP contribution is 2.13. The molecule has 4 heteroatoms. The Kier molecular flexibility index (Phi) is 6.64. The largest absolute Gasteiger partial charge is 0.306 e. The van der Waals surface area contributed by atoms with Crippen LogP contribution < -0.4 is 0 Å². The molecule has 0 fully saturated rings. The number of hydrogen-bond acceptors (Lipinski definition) is 2. The van der Waals surface area contributed by atoms with Gasteiger partial charge in [-0.1, -0.05) is 25.8 Å². The van der Waals surface area contributed by atoms with Gasteiger partial charge in [-0.05, 0) is 32.1 Å². The van der Waals surface area contributed by atoms with E-state index in [4.69, 9.17) is 0 Å². The minimum Gasteiger partial charge on any atom is -0.306 e. The van der Waals surface area contributed by atoms with Gasteiger partial charge in [0.1, 0.15) is 0 Å². The summed E-state index contributed by atoms with van der Waals surface area (Å²) in [6, 6.07) is 3.71. The summed E-state index contributed by atoms with van der Waals surface area (Å²) in [5.74, 6) is -2.36. The van der Waals surface area contributed by atoms with Gasteiger partial charge in [-0.3, -0.25) is 4.79 Å². The number of carbonyl (C=O) groups excluding carboxylic acids is 1. The van der Waals surface area contributed by atoms with Crippen LogP contribution in [0.4, 0.5) is 8.78 Å². The standard InChI is InChI=1S/C15H21F2NO/c1-3-4-5-10-18(2)11-9-14(19)12-7-6-8-13(16)15(12)17/h6-8H,3-5,9-11H2,1-2H3. The molecule has 0 aliphatic rings. The summed E-state index contributed by atoms with van der Waals surface area (Å²) in [4.78, 5) is 13.9. The van der Waals surface area contributed by atoms with E-state index >= 15 is 0 Å². The fraction of sp³-hybridized carbons (Fsp3) is 0.533. The number of nitrogens with zero attached hydrogens (tertiary/aromatic N) is 1. The van der Waals surface area contributed by atoms with Gasteiger partial charge >= 0.3 is 0 Å². The van der Waals surface area contributed by atoms with E-state index in [9.17, 15) is 13.6 Å². The molecule has 0 heterocycles. The Balaban J connectivity index is 2.45. The molecule has 1 aromatic rings. The molecule has 0 unspecified atom stereocenters. The van der Waals surface area contributed by atoms with Crippen LogP contribution in [0.1, 0.15) is 43.0 Å². The highest BCUT2D eigenvalue weighted by Gasteiger charge is 2.15. The van der Waals surface area contributed by atoms with E-state index < -0.39 is 11.6 Å². The molecule has 0 aliphatic carbocycles. The second kappa shape index (κ2) is 8.00. The number of Topliss-reactive ketones (excluding diaryl/α,β-unsaturated/α-hetero) is 1. The second-order valence-corrected chi connectivity index (χ2v) is 4.78. The monoisotopic (exact) mass is 269 g/mol. The summed E-state index contributed by atoms with van der Waals surface area (Å²) < 4.78 is 26.4. The van der Waals surface area contributed by atoms with Gasteiger partial charge in [0, 0.05) is 13.0 Å². The summed E-state index contributed by atoms with van der Waals surface area (Å²) in [5, 5.41) is 0. The highest BCUT2D eigenvalue weighted by molar-refractivity contribution is 5.96. The maximum Gasteiger partial charge on any atom is 0.169 e. The van der Waals surface area contributed by atoms with Crippen LogP contribution in [0.15, 0.2) is 18.2 Å². The van der Waals surface area contributed by atoms with Gasteiger partial charge in [-0.25, -0.2) is 8.78 Å². The average Bonchev–Trinajstić information content (AvgIpc) is 2.39. The number of carbonyl (C=O) groups is 1. The number of unbranched alkanes of at least 4 members (excludes halogenated alkanes) is 2. The van der Waals surface area contributed by atoms with E-state index in [-0.39, 0.29) is 17.8 Å². The first-order valence-electron chi connectivity index (χ1n) is 6.72. The number of hydrogen-bond donors (Lipinski definition) is 0. The van der Waals surface area contributed by atoms with Gasteiger partial charge in [0.15, 0.2) is 17.4 Å². The molecule has 1 aromatic carbocycles. The third kappa shape index (κ3) is 5.07. The number of benzene rings is 1. The zero-order valence-corrected chi connectivity index (χ0v) is 11.6. The topological polar surface area (TPSA) is 20.3 Å². The van der Waals surface area contributed by atoms with Crippen molar-refractivity contribution in [1.29, 1.82) is 0 Å². The van der Waals surface area contributed by atoms with Crippen molar-refractivity contribution in [3.8, 4) is 0 Å². The molecule has 0 bridgehead atoms. The molecule has 2 nitrogen and oxygen atoms in total. The minimum absolute atomic E-state index is 0.151. The lowest BCUT2D eigenvalue weighted by Gasteiger charge is -2.15. The number of ketones is 1. The smallest absolute Gasteiger partial charge is 0.169 e. The van der Waals surface area contributed by atoms with E-state index in [1.165, 1.54) is 12.1 Å². The molecule has 0 aromatic heterocycles. The molecule has 0 saturated heterocycles. The van der Waals surface area contributed by atoms with Gasteiger partial charge in [0.25, 0.3) is 0 Å². The SMILES string of the molecule is CCCCCN(C)CCC(=O)c1cccc(F)c1F. The van der Waals surface area contributed by atoms with Crippen LogP contribution in [0.2, 0.25) is 0 Å². The van der Waals surface area contributed by atoms with Crippen LogP contribution in [0.3, 0.4) is 0 Å². The van der Waals surface area contributed by atoms with Gasteiger partial charge in [-0.15, -0.1) is 0 Å². The Hall–Kier alpha value is -1.29. The maximum atomic E-state index is 13.4.